The van der Waals surface area contributed by atoms with Gasteiger partial charge < -0.3 is 15.5 Å². The number of para-hydroxylation sites is 1. The minimum Gasteiger partial charge on any atom is -0.423 e. The minimum absolute atomic E-state index is 0.412. The molecule has 92 valence electrons. The molecule has 0 radical (unpaired) electrons. The zero-order valence-corrected chi connectivity index (χ0v) is 9.79. The van der Waals surface area contributed by atoms with Crippen molar-refractivity contribution in [3.63, 3.8) is 0 Å². The largest absolute Gasteiger partial charge is 0.423 e. The molecule has 18 heavy (non-hydrogen) atoms. The average molecular weight is 244 g/mol. The topological polar surface area (TPSA) is 94.8 Å². The van der Waals surface area contributed by atoms with E-state index >= 15 is 0 Å². The average Bonchev–Trinajstić information content (AvgIpc) is 2.93. The third kappa shape index (κ3) is 1.86. The summed E-state index contributed by atoms with van der Waals surface area (Å²) in [6.07, 6.45) is 1.64. The Morgan fingerprint density at radius 3 is 3.06 bits per heavy atom. The Labute approximate surface area is 103 Å². The minimum atomic E-state index is 0.412. The van der Waals surface area contributed by atoms with E-state index in [-0.39, 0.29) is 0 Å². The van der Waals surface area contributed by atoms with E-state index in [9.17, 15) is 0 Å². The standard InChI is InChI=1S/C11H12N6O/c1-17-6-14-9(16-17)5-13-11-15-10-7(12)3-2-4-8(10)18-11/h2-4,6H,5,12H2,1H3,(H,13,15). The van der Waals surface area contributed by atoms with Crippen molar-refractivity contribution < 1.29 is 4.42 Å². The maximum absolute atomic E-state index is 5.80. The first-order valence-electron chi connectivity index (χ1n) is 5.46. The van der Waals surface area contributed by atoms with Gasteiger partial charge in [-0.2, -0.15) is 10.1 Å². The summed E-state index contributed by atoms with van der Waals surface area (Å²) in [6.45, 7) is 0.452. The first kappa shape index (κ1) is 10.6. The second kappa shape index (κ2) is 4.02. The molecule has 0 saturated carbocycles. The van der Waals surface area contributed by atoms with E-state index in [2.05, 4.69) is 20.4 Å². The third-order valence-corrected chi connectivity index (χ3v) is 2.49. The second-order valence-electron chi connectivity index (χ2n) is 3.90. The number of nitrogens with zero attached hydrogens (tertiary/aromatic N) is 4. The summed E-state index contributed by atoms with van der Waals surface area (Å²) < 4.78 is 7.15. The molecule has 1 aromatic carbocycles. The fourth-order valence-corrected chi connectivity index (χ4v) is 1.67. The lowest BCUT2D eigenvalue weighted by molar-refractivity contribution is 0.612. The highest BCUT2D eigenvalue weighted by atomic mass is 16.4. The number of rotatable bonds is 3. The highest BCUT2D eigenvalue weighted by molar-refractivity contribution is 5.86. The molecule has 0 saturated heterocycles. The molecule has 3 rings (SSSR count). The number of hydrogen-bond acceptors (Lipinski definition) is 6. The zero-order chi connectivity index (χ0) is 12.5. The van der Waals surface area contributed by atoms with Crippen molar-refractivity contribution in [1.29, 1.82) is 0 Å². The second-order valence-corrected chi connectivity index (χ2v) is 3.90. The smallest absolute Gasteiger partial charge is 0.296 e. The van der Waals surface area contributed by atoms with Crippen LogP contribution in [0.3, 0.4) is 0 Å². The molecule has 0 amide bonds. The van der Waals surface area contributed by atoms with Gasteiger partial charge in [0, 0.05) is 7.05 Å². The van der Waals surface area contributed by atoms with E-state index < -0.39 is 0 Å². The van der Waals surface area contributed by atoms with Crippen LogP contribution in [0.1, 0.15) is 5.82 Å². The number of oxazole rings is 1. The summed E-state index contributed by atoms with van der Waals surface area (Å²) in [5.74, 6) is 0.674. The van der Waals surface area contributed by atoms with E-state index in [4.69, 9.17) is 10.2 Å². The first-order chi connectivity index (χ1) is 8.72. The van der Waals surface area contributed by atoms with Gasteiger partial charge in [0.1, 0.15) is 11.8 Å². The number of benzene rings is 1. The van der Waals surface area contributed by atoms with Gasteiger partial charge in [0.25, 0.3) is 6.01 Å². The lowest BCUT2D eigenvalue weighted by atomic mass is 10.3. The highest BCUT2D eigenvalue weighted by Gasteiger charge is 2.08. The Bertz CT molecular complexity index is 686. The van der Waals surface area contributed by atoms with Gasteiger partial charge in [-0.1, -0.05) is 6.07 Å². The van der Waals surface area contributed by atoms with Crippen LogP contribution in [0.4, 0.5) is 11.7 Å². The number of nitrogen functional groups attached to an aromatic ring is 1. The zero-order valence-electron chi connectivity index (χ0n) is 9.79. The van der Waals surface area contributed by atoms with Crippen LogP contribution in [0.5, 0.6) is 0 Å². The molecular formula is C11H12N6O. The van der Waals surface area contributed by atoms with E-state index in [1.54, 1.807) is 17.1 Å². The summed E-state index contributed by atoms with van der Waals surface area (Å²) in [6, 6.07) is 5.85. The number of nitrogens with two attached hydrogens (primary N) is 1. The number of hydrogen-bond donors (Lipinski definition) is 2. The molecule has 0 unspecified atom stereocenters. The summed E-state index contributed by atoms with van der Waals surface area (Å²) in [7, 11) is 1.82. The quantitative estimate of drug-likeness (QED) is 0.671. The molecule has 0 spiro atoms. The maximum atomic E-state index is 5.80. The van der Waals surface area contributed by atoms with Crippen LogP contribution in [0.15, 0.2) is 28.9 Å². The first-order valence-corrected chi connectivity index (χ1v) is 5.46. The molecule has 3 aromatic rings. The van der Waals surface area contributed by atoms with Crippen LogP contribution >= 0.6 is 0 Å². The van der Waals surface area contributed by atoms with E-state index in [0.29, 0.717) is 35.2 Å². The fourth-order valence-electron chi connectivity index (χ4n) is 1.67. The summed E-state index contributed by atoms with van der Waals surface area (Å²) in [5.41, 5.74) is 7.72. The Morgan fingerprint density at radius 2 is 2.33 bits per heavy atom. The number of aryl methyl sites for hydroxylation is 1. The molecule has 0 bridgehead atoms. The van der Waals surface area contributed by atoms with Gasteiger partial charge in [-0.05, 0) is 12.1 Å². The van der Waals surface area contributed by atoms with Crippen LogP contribution < -0.4 is 11.1 Å². The molecule has 2 aromatic heterocycles. The van der Waals surface area contributed by atoms with Crippen molar-refractivity contribution in [1.82, 2.24) is 19.7 Å². The SMILES string of the molecule is Cn1cnc(CNc2nc3c(N)cccc3o2)n1. The van der Waals surface area contributed by atoms with Crippen molar-refractivity contribution >= 4 is 22.8 Å². The predicted molar refractivity (Wildman–Crippen MR) is 66.8 cm³/mol. The number of nitrogens with one attached hydrogen (secondary N) is 1. The van der Waals surface area contributed by atoms with Crippen LogP contribution in [-0.2, 0) is 13.6 Å². The molecule has 2 heterocycles. The molecule has 0 aliphatic heterocycles. The monoisotopic (exact) mass is 244 g/mol. The molecule has 0 aliphatic rings. The van der Waals surface area contributed by atoms with Gasteiger partial charge >= 0.3 is 0 Å². The van der Waals surface area contributed by atoms with Gasteiger partial charge in [-0.15, -0.1) is 0 Å². The van der Waals surface area contributed by atoms with Crippen molar-refractivity contribution in [3.05, 3.63) is 30.4 Å². The number of aromatic nitrogens is 4. The lowest BCUT2D eigenvalue weighted by Crippen LogP contribution is -2.02. The summed E-state index contributed by atoms with van der Waals surface area (Å²) in [5, 5.41) is 7.17. The van der Waals surface area contributed by atoms with Crippen LogP contribution in [0.2, 0.25) is 0 Å². The van der Waals surface area contributed by atoms with E-state index in [0.717, 1.165) is 0 Å². The van der Waals surface area contributed by atoms with Gasteiger partial charge in [-0.25, -0.2) is 4.98 Å². The normalized spacial score (nSPS) is 10.9. The van der Waals surface area contributed by atoms with E-state index in [1.807, 2.05) is 19.2 Å². The van der Waals surface area contributed by atoms with Gasteiger partial charge in [0.05, 0.1) is 12.2 Å². The van der Waals surface area contributed by atoms with E-state index in [1.165, 1.54) is 0 Å². The molecule has 0 atom stereocenters. The third-order valence-electron chi connectivity index (χ3n) is 2.49. The van der Waals surface area contributed by atoms with Crippen LogP contribution in [0, 0.1) is 0 Å². The van der Waals surface area contributed by atoms with Crippen molar-refractivity contribution in [2.24, 2.45) is 7.05 Å². The molecule has 0 fully saturated rings. The maximum Gasteiger partial charge on any atom is 0.296 e. The number of fused-ring (bicyclic) bond motifs is 1. The summed E-state index contributed by atoms with van der Waals surface area (Å²) >= 11 is 0. The van der Waals surface area contributed by atoms with Gasteiger partial charge in [0.2, 0.25) is 0 Å². The Kier molecular flexibility index (Phi) is 2.36. The molecule has 7 nitrogen and oxygen atoms in total. The van der Waals surface area contributed by atoms with Crippen molar-refractivity contribution in [3.8, 4) is 0 Å². The molecular weight excluding hydrogens is 232 g/mol. The van der Waals surface area contributed by atoms with Crippen molar-refractivity contribution in [2.45, 2.75) is 6.54 Å². The van der Waals surface area contributed by atoms with Gasteiger partial charge in [-0.3, -0.25) is 4.68 Å². The number of anilines is 2. The Hall–Kier alpha value is -2.57. The van der Waals surface area contributed by atoms with Crippen LogP contribution in [-0.4, -0.2) is 19.7 Å². The predicted octanol–water partition coefficient (Wildman–Crippen LogP) is 1.15. The Balaban J connectivity index is 1.81. The molecule has 3 N–H and O–H groups in total. The highest BCUT2D eigenvalue weighted by Crippen LogP contribution is 2.23. The van der Waals surface area contributed by atoms with Gasteiger partial charge in [0.15, 0.2) is 11.4 Å². The summed E-state index contributed by atoms with van der Waals surface area (Å²) in [4.78, 5) is 8.37. The lowest BCUT2D eigenvalue weighted by Gasteiger charge is -1.95. The fraction of sp³-hybridized carbons (Fsp3) is 0.182. The van der Waals surface area contributed by atoms with Crippen LogP contribution in [0.25, 0.3) is 11.1 Å². The molecule has 0 aliphatic carbocycles. The van der Waals surface area contributed by atoms with Crippen molar-refractivity contribution in [2.75, 3.05) is 11.1 Å². The molecule has 7 heteroatoms. The Morgan fingerprint density at radius 1 is 1.44 bits per heavy atom.